The first-order valence-electron chi connectivity index (χ1n) is 13.6. The van der Waals surface area contributed by atoms with Crippen molar-refractivity contribution < 1.29 is 23.9 Å². The van der Waals surface area contributed by atoms with Gasteiger partial charge in [-0.3, -0.25) is 19.5 Å². The molecule has 5 rings (SSSR count). The standard InChI is InChI=1S/C31H30N4O7S/c1-6-41-25-12-11-20(14-26(25)42-7-2)28-24(30(37)40-5)17-32-31-34(28)29(36)27(43-31)15-21-13-18(3)33(19(21)4)22-9-8-10-23(16-22)35(38)39/h8-17,28H,6-7H2,1-5H3/b27-15-/t28-/m0/s1. The molecule has 43 heavy (non-hydrogen) atoms. The summed E-state index contributed by atoms with van der Waals surface area (Å²) in [6.45, 7) is 8.38. The van der Waals surface area contributed by atoms with Gasteiger partial charge in [-0.2, -0.15) is 0 Å². The van der Waals surface area contributed by atoms with Crippen molar-refractivity contribution in [2.24, 2.45) is 4.99 Å². The van der Waals surface area contributed by atoms with E-state index in [1.165, 1.54) is 41.3 Å². The zero-order chi connectivity index (χ0) is 30.8. The van der Waals surface area contributed by atoms with Crippen LogP contribution in [0.5, 0.6) is 11.5 Å². The highest BCUT2D eigenvalue weighted by molar-refractivity contribution is 7.07. The molecule has 0 amide bonds. The summed E-state index contributed by atoms with van der Waals surface area (Å²) in [5, 5.41) is 11.3. The number of aromatic nitrogens is 2. The maximum absolute atomic E-state index is 14.0. The smallest absolute Gasteiger partial charge is 0.337 e. The summed E-state index contributed by atoms with van der Waals surface area (Å²) in [6.07, 6.45) is 3.22. The maximum atomic E-state index is 14.0. The number of nitrogens with zero attached hydrogens (tertiary/aromatic N) is 4. The normalized spacial score (nSPS) is 14.5. The third-order valence-electron chi connectivity index (χ3n) is 7.06. The van der Waals surface area contributed by atoms with Gasteiger partial charge in [-0.15, -0.1) is 0 Å². The van der Waals surface area contributed by atoms with Crippen LogP contribution >= 0.6 is 11.3 Å². The Morgan fingerprint density at radius 1 is 1.09 bits per heavy atom. The van der Waals surface area contributed by atoms with Crippen molar-refractivity contribution in [3.05, 3.63) is 113 Å². The highest BCUT2D eigenvalue weighted by Gasteiger charge is 2.31. The van der Waals surface area contributed by atoms with Crippen molar-refractivity contribution >= 4 is 29.1 Å². The SMILES string of the molecule is CCOc1ccc([C@H]2C(C(=O)OC)=CN=c3s/c(=C\c4cc(C)n(-c5cccc([N+](=O)[O-])c5)c4C)c(=O)n32)cc1OCC. The Bertz CT molecular complexity index is 1950. The number of carbonyl (C=O) groups excluding carboxylic acids is 1. The van der Waals surface area contributed by atoms with Gasteiger partial charge >= 0.3 is 5.97 Å². The topological polar surface area (TPSA) is 127 Å². The lowest BCUT2D eigenvalue weighted by atomic mass is 9.97. The van der Waals surface area contributed by atoms with Gasteiger partial charge in [0.15, 0.2) is 16.3 Å². The van der Waals surface area contributed by atoms with E-state index in [4.69, 9.17) is 14.2 Å². The minimum absolute atomic E-state index is 0.0111. The molecule has 1 aliphatic heterocycles. The second kappa shape index (κ2) is 12.1. The molecule has 2 aromatic carbocycles. The molecule has 4 aromatic rings. The van der Waals surface area contributed by atoms with E-state index in [1.54, 1.807) is 36.4 Å². The second-order valence-electron chi connectivity index (χ2n) is 9.69. The molecule has 0 saturated carbocycles. The molecule has 1 aliphatic rings. The quantitative estimate of drug-likeness (QED) is 0.160. The number of hydrogen-bond donors (Lipinski definition) is 0. The minimum atomic E-state index is -0.807. The van der Waals surface area contributed by atoms with Crippen LogP contribution in [0.25, 0.3) is 11.8 Å². The average Bonchev–Trinajstić information content (AvgIpc) is 3.47. The van der Waals surface area contributed by atoms with Gasteiger partial charge in [0.1, 0.15) is 0 Å². The van der Waals surface area contributed by atoms with Gasteiger partial charge in [0.05, 0.1) is 47.1 Å². The van der Waals surface area contributed by atoms with Crippen LogP contribution in [-0.2, 0) is 9.53 Å². The number of ether oxygens (including phenoxy) is 3. The molecule has 11 nitrogen and oxygen atoms in total. The average molecular weight is 603 g/mol. The molecule has 0 saturated heterocycles. The Morgan fingerprint density at radius 3 is 2.53 bits per heavy atom. The number of rotatable bonds is 9. The highest BCUT2D eigenvalue weighted by atomic mass is 32.1. The molecule has 0 aliphatic carbocycles. The van der Waals surface area contributed by atoms with Gasteiger partial charge in [0.2, 0.25) is 0 Å². The van der Waals surface area contributed by atoms with Crippen LogP contribution in [0.3, 0.4) is 0 Å². The number of thiazole rings is 1. The number of fused-ring (bicyclic) bond motifs is 1. The van der Waals surface area contributed by atoms with Crippen molar-refractivity contribution in [3.8, 4) is 17.2 Å². The number of nitro groups is 1. The van der Waals surface area contributed by atoms with Crippen LogP contribution in [0, 0.1) is 24.0 Å². The Balaban J connectivity index is 1.65. The lowest BCUT2D eigenvalue weighted by Crippen LogP contribution is -2.39. The molecular formula is C31H30N4O7S. The predicted octanol–water partition coefficient (Wildman–Crippen LogP) is 4.13. The van der Waals surface area contributed by atoms with Crippen LogP contribution in [0.15, 0.2) is 70.1 Å². The van der Waals surface area contributed by atoms with E-state index in [0.717, 1.165) is 17.0 Å². The number of nitro benzene ring substituents is 1. The predicted molar refractivity (Wildman–Crippen MR) is 162 cm³/mol. The van der Waals surface area contributed by atoms with E-state index in [-0.39, 0.29) is 16.8 Å². The van der Waals surface area contributed by atoms with Crippen LogP contribution in [0.1, 0.15) is 42.4 Å². The summed E-state index contributed by atoms with van der Waals surface area (Å²) in [5.74, 6) is 0.456. The summed E-state index contributed by atoms with van der Waals surface area (Å²) in [6, 6.07) is 12.8. The van der Waals surface area contributed by atoms with E-state index >= 15 is 0 Å². The van der Waals surface area contributed by atoms with E-state index < -0.39 is 16.9 Å². The molecule has 0 spiro atoms. The lowest BCUT2D eigenvalue weighted by Gasteiger charge is -2.23. The third kappa shape index (κ3) is 5.48. The van der Waals surface area contributed by atoms with Crippen LogP contribution < -0.4 is 24.4 Å². The zero-order valence-corrected chi connectivity index (χ0v) is 25.1. The Morgan fingerprint density at radius 2 is 1.84 bits per heavy atom. The monoisotopic (exact) mass is 602 g/mol. The number of esters is 1. The molecule has 3 heterocycles. The van der Waals surface area contributed by atoms with E-state index in [2.05, 4.69) is 4.99 Å². The molecular weight excluding hydrogens is 572 g/mol. The third-order valence-corrected chi connectivity index (χ3v) is 8.06. The van der Waals surface area contributed by atoms with E-state index in [0.29, 0.717) is 45.3 Å². The van der Waals surface area contributed by atoms with Gasteiger partial charge < -0.3 is 18.8 Å². The number of aryl methyl sites for hydroxylation is 1. The van der Waals surface area contributed by atoms with Crippen LogP contribution in [-0.4, -0.2) is 40.4 Å². The van der Waals surface area contributed by atoms with E-state index in [1.807, 2.05) is 38.3 Å². The molecule has 0 N–H and O–H groups in total. The molecule has 12 heteroatoms. The number of benzene rings is 2. The highest BCUT2D eigenvalue weighted by Crippen LogP contribution is 2.35. The minimum Gasteiger partial charge on any atom is -0.490 e. The van der Waals surface area contributed by atoms with Crippen LogP contribution in [0.4, 0.5) is 5.69 Å². The molecule has 1 atom stereocenters. The van der Waals surface area contributed by atoms with Crippen molar-refractivity contribution in [1.82, 2.24) is 9.13 Å². The first-order chi connectivity index (χ1) is 20.7. The molecule has 222 valence electrons. The number of methoxy groups -OCH3 is 1. The molecule has 0 fully saturated rings. The summed E-state index contributed by atoms with van der Waals surface area (Å²) in [7, 11) is 1.28. The molecule has 0 unspecified atom stereocenters. The molecule has 0 radical (unpaired) electrons. The van der Waals surface area contributed by atoms with Crippen molar-refractivity contribution in [3.63, 3.8) is 0 Å². The van der Waals surface area contributed by atoms with E-state index in [9.17, 15) is 19.7 Å². The van der Waals surface area contributed by atoms with Gasteiger partial charge in [0, 0.05) is 29.7 Å². The lowest BCUT2D eigenvalue weighted by molar-refractivity contribution is -0.384. The van der Waals surface area contributed by atoms with Crippen LogP contribution in [0.2, 0.25) is 0 Å². The first-order valence-corrected chi connectivity index (χ1v) is 14.4. The number of non-ortho nitro benzene ring substituents is 1. The Hall–Kier alpha value is -4.97. The fourth-order valence-electron chi connectivity index (χ4n) is 5.21. The summed E-state index contributed by atoms with van der Waals surface area (Å²) < 4.78 is 20.4. The van der Waals surface area contributed by atoms with Gasteiger partial charge in [-0.1, -0.05) is 23.5 Å². The maximum Gasteiger partial charge on any atom is 0.337 e. The second-order valence-corrected chi connectivity index (χ2v) is 10.7. The first kappa shape index (κ1) is 29.5. The summed E-state index contributed by atoms with van der Waals surface area (Å²) in [4.78, 5) is 42.6. The fourth-order valence-corrected chi connectivity index (χ4v) is 6.17. The largest absolute Gasteiger partial charge is 0.490 e. The number of carbonyl (C=O) groups is 1. The Kier molecular flexibility index (Phi) is 8.31. The van der Waals surface area contributed by atoms with Crippen molar-refractivity contribution in [1.29, 1.82) is 0 Å². The van der Waals surface area contributed by atoms with Crippen molar-refractivity contribution in [2.45, 2.75) is 33.7 Å². The molecule has 0 bridgehead atoms. The van der Waals surface area contributed by atoms with Crippen molar-refractivity contribution in [2.75, 3.05) is 20.3 Å². The summed E-state index contributed by atoms with van der Waals surface area (Å²) >= 11 is 1.21. The number of hydrogen-bond acceptors (Lipinski definition) is 9. The molecule has 2 aromatic heterocycles. The fraction of sp³-hybridized carbons (Fsp3) is 0.258. The van der Waals surface area contributed by atoms with Gasteiger partial charge in [-0.25, -0.2) is 9.79 Å². The summed E-state index contributed by atoms with van der Waals surface area (Å²) in [5.41, 5.74) is 3.58. The Labute approximate surface area is 250 Å². The van der Waals surface area contributed by atoms with Gasteiger partial charge in [0.25, 0.3) is 11.2 Å². The van der Waals surface area contributed by atoms with Gasteiger partial charge in [-0.05, 0) is 69.2 Å². The zero-order valence-electron chi connectivity index (χ0n) is 24.3.